The van der Waals surface area contributed by atoms with E-state index in [1.807, 2.05) is 48.9 Å². The fourth-order valence-corrected chi connectivity index (χ4v) is 8.32. The molecule has 8 rings (SSSR count). The van der Waals surface area contributed by atoms with Crippen LogP contribution in [0.25, 0.3) is 27.8 Å². The van der Waals surface area contributed by atoms with Gasteiger partial charge in [0.2, 0.25) is 0 Å². The first-order chi connectivity index (χ1) is 28.9. The maximum atomic E-state index is 10.6. The zero-order valence-corrected chi connectivity index (χ0v) is 37.7. The van der Waals surface area contributed by atoms with E-state index >= 15 is 0 Å². The molecule has 0 fully saturated rings. The van der Waals surface area contributed by atoms with Crippen LogP contribution >= 0.6 is 22.7 Å². The molecule has 322 valence electrons. The molecule has 20 heteroatoms. The molecule has 0 saturated heterocycles. The molecule has 8 heterocycles. The van der Waals surface area contributed by atoms with Crippen molar-refractivity contribution in [2.75, 3.05) is 6.61 Å². The Balaban J connectivity index is 0.000000182. The number of fused-ring (bicyclic) bond motifs is 2. The molecule has 0 aromatic carbocycles. The average Bonchev–Trinajstić information content (AvgIpc) is 4.02. The third-order valence-corrected chi connectivity index (χ3v) is 12.7. The van der Waals surface area contributed by atoms with Crippen LogP contribution < -0.4 is 0 Å². The summed E-state index contributed by atoms with van der Waals surface area (Å²) in [4.78, 5) is 39.0. The van der Waals surface area contributed by atoms with Crippen LogP contribution in [0.4, 0.5) is 13.2 Å². The van der Waals surface area contributed by atoms with Gasteiger partial charge in [0.25, 0.3) is 11.6 Å². The van der Waals surface area contributed by atoms with Gasteiger partial charge in [-0.2, -0.15) is 23.1 Å². The molecule has 1 N–H and O–H groups in total. The summed E-state index contributed by atoms with van der Waals surface area (Å²) in [6, 6.07) is 13.5. The van der Waals surface area contributed by atoms with Crippen molar-refractivity contribution in [3.63, 3.8) is 0 Å². The molecule has 14 nitrogen and oxygen atoms in total. The van der Waals surface area contributed by atoms with Crippen molar-refractivity contribution in [2.45, 2.75) is 98.4 Å². The van der Waals surface area contributed by atoms with E-state index in [1.54, 1.807) is 22.7 Å². The molecule has 0 radical (unpaired) electrons. The molecule has 1 aliphatic rings. The minimum Gasteiger partial charge on any atom is -0.475 e. The molecular formula is C41H48F3N11O3S2Si. The summed E-state index contributed by atoms with van der Waals surface area (Å²) < 4.78 is 43.5. The van der Waals surface area contributed by atoms with Crippen molar-refractivity contribution < 1.29 is 27.8 Å². The Morgan fingerprint density at radius 2 is 1.38 bits per heavy atom. The Bertz CT molecular complexity index is 2640. The number of aliphatic imine (C=N–C) groups is 1. The first-order valence-electron chi connectivity index (χ1n) is 19.6. The molecule has 0 unspecified atom stereocenters. The highest BCUT2D eigenvalue weighted by molar-refractivity contribution is 7.13. The quantitative estimate of drug-likeness (QED) is 0.0873. The largest absolute Gasteiger partial charge is 0.490 e. The van der Waals surface area contributed by atoms with Gasteiger partial charge in [0.1, 0.15) is 12.6 Å². The number of hydrogen-bond donors (Lipinski definition) is 1. The molecular weight excluding hydrogens is 844 g/mol. The number of alkyl halides is 3. The number of allylic oxidation sites excluding steroid dienone is 1. The first kappa shape index (κ1) is 45.1. The summed E-state index contributed by atoms with van der Waals surface area (Å²) >= 11 is 3.43. The Morgan fingerprint density at radius 1 is 0.820 bits per heavy atom. The van der Waals surface area contributed by atoms with Crippen molar-refractivity contribution in [1.29, 1.82) is 0 Å². The van der Waals surface area contributed by atoms with E-state index in [4.69, 9.17) is 24.6 Å². The normalized spacial score (nSPS) is 12.9. The van der Waals surface area contributed by atoms with Crippen LogP contribution in [-0.4, -0.2) is 86.4 Å². The molecule has 61 heavy (non-hydrogen) atoms. The molecule has 0 atom stereocenters. The van der Waals surface area contributed by atoms with Crippen molar-refractivity contribution >= 4 is 59.7 Å². The summed E-state index contributed by atoms with van der Waals surface area (Å²) in [7, 11) is -1.10. The van der Waals surface area contributed by atoms with Crippen LogP contribution in [0.3, 0.4) is 0 Å². The number of thiophene rings is 2. The van der Waals surface area contributed by atoms with Gasteiger partial charge >= 0.3 is 12.1 Å². The molecule has 0 saturated carbocycles. The number of ether oxygens (including phenoxy) is 1. The molecule has 0 bridgehead atoms. The maximum absolute atomic E-state index is 10.6. The fraction of sp³-hybridized carbons (Fsp3) is 0.390. The Hall–Kier alpha value is -5.44. The Kier molecular flexibility index (Phi) is 14.4. The van der Waals surface area contributed by atoms with Crippen LogP contribution in [0.1, 0.15) is 58.0 Å². The van der Waals surface area contributed by atoms with E-state index in [-0.39, 0.29) is 0 Å². The zero-order valence-electron chi connectivity index (χ0n) is 35.1. The lowest BCUT2D eigenvalue weighted by atomic mass is 10.1. The minimum absolute atomic E-state index is 0.524. The summed E-state index contributed by atoms with van der Waals surface area (Å²) in [5.74, 6) is 1.20. The number of nitrogens with zero attached hydrogens (tertiary/aromatic N) is 11. The van der Waals surface area contributed by atoms with Gasteiger partial charge in [0.05, 0.1) is 21.1 Å². The number of carbonyl (C=O) groups is 1. The van der Waals surface area contributed by atoms with E-state index in [0.717, 1.165) is 90.0 Å². The van der Waals surface area contributed by atoms with E-state index in [2.05, 4.69) is 102 Å². The number of rotatable bonds is 13. The van der Waals surface area contributed by atoms with E-state index in [0.29, 0.717) is 24.7 Å². The highest BCUT2D eigenvalue weighted by atomic mass is 32.1. The van der Waals surface area contributed by atoms with Crippen LogP contribution in [0.5, 0.6) is 0 Å². The molecule has 1 aliphatic heterocycles. The van der Waals surface area contributed by atoms with Crippen LogP contribution in [0.2, 0.25) is 25.7 Å². The van der Waals surface area contributed by atoms with E-state index in [9.17, 15) is 13.2 Å². The van der Waals surface area contributed by atoms with Gasteiger partial charge in [0, 0.05) is 75.0 Å². The monoisotopic (exact) mass is 891 g/mol. The number of hydrogen-bond acceptors (Lipinski definition) is 12. The van der Waals surface area contributed by atoms with Gasteiger partial charge in [-0.15, -0.1) is 32.9 Å². The highest BCUT2D eigenvalue weighted by Gasteiger charge is 2.38. The number of imidazole rings is 1. The lowest BCUT2D eigenvalue weighted by molar-refractivity contribution is -0.192. The summed E-state index contributed by atoms with van der Waals surface area (Å²) in [6.45, 7) is 16.4. The number of aliphatic carboxylic acids is 1. The second-order valence-electron chi connectivity index (χ2n) is 15.6. The second kappa shape index (κ2) is 19.5. The molecule has 0 aliphatic carbocycles. The Morgan fingerprint density at radius 3 is 1.90 bits per heavy atom. The lowest BCUT2D eigenvalue weighted by Crippen LogP contribution is -2.22. The van der Waals surface area contributed by atoms with E-state index < -0.39 is 20.2 Å². The summed E-state index contributed by atoms with van der Waals surface area (Å²) in [5, 5.41) is 20.5. The lowest BCUT2D eigenvalue weighted by Gasteiger charge is -2.16. The standard InChI is InChI=1S/C22H30N6OSSi.C17H17N5S.C2HF3O2/c1-16-13-17(2)28-22(23-16)25-20(26-28)8-9-21-24-18(19-7-6-11-30-19)14-27(21)15-29-10-12-31(3,4)5;1-11-10-12(2)22-17(18-11)20-16(21-22)8-6-13-5-7-14(19-13)15-4-3-9-23-15;3-2(4,5)1(6)7/h6-7,11,13-14H,8-10,12,15H2,1-5H3;3-4,7,9-10H,5-6,8H2,1-2H3;(H,6,7). The third kappa shape index (κ3) is 12.6. The number of carboxylic acid groups (broad SMARTS) is 1. The maximum Gasteiger partial charge on any atom is 0.490 e. The zero-order chi connectivity index (χ0) is 43.9. The van der Waals surface area contributed by atoms with Gasteiger partial charge < -0.3 is 14.4 Å². The smallest absolute Gasteiger partial charge is 0.475 e. The topological polar surface area (TPSA) is 163 Å². The van der Waals surface area contributed by atoms with Crippen LogP contribution in [0.15, 0.2) is 64.4 Å². The van der Waals surface area contributed by atoms with E-state index in [1.165, 1.54) is 15.5 Å². The van der Waals surface area contributed by atoms with Gasteiger partial charge in [-0.3, -0.25) is 4.99 Å². The predicted octanol–water partition coefficient (Wildman–Crippen LogP) is 9.02. The van der Waals surface area contributed by atoms with Crippen LogP contribution in [-0.2, 0) is 35.5 Å². The van der Waals surface area contributed by atoms with Gasteiger partial charge in [0.15, 0.2) is 11.6 Å². The minimum atomic E-state index is -5.08. The van der Waals surface area contributed by atoms with Gasteiger partial charge in [-0.25, -0.2) is 28.8 Å². The van der Waals surface area contributed by atoms with Crippen molar-refractivity contribution in [1.82, 2.24) is 48.7 Å². The van der Waals surface area contributed by atoms with Crippen LogP contribution in [0, 0.1) is 27.7 Å². The number of aromatic nitrogens is 10. The highest BCUT2D eigenvalue weighted by Crippen LogP contribution is 2.27. The number of aryl methyl sites for hydroxylation is 7. The molecule has 0 spiro atoms. The number of carboxylic acids is 1. The summed E-state index contributed by atoms with van der Waals surface area (Å²) in [6.07, 6.45) is 3.29. The van der Waals surface area contributed by atoms with Gasteiger partial charge in [-0.1, -0.05) is 37.8 Å². The number of halogens is 3. The fourth-order valence-electron chi connectivity index (χ4n) is 6.17. The SMILES string of the molecule is Cc1cc(C)n2nc(CCC3=NC(c4cccs4)=CC3)nc2n1.Cc1cc(C)n2nc(CCc3nc(-c4cccs4)cn3COCC[Si](C)(C)C)nc2n1.O=C(O)C(F)(F)F. The molecule has 0 amide bonds. The first-order valence-corrected chi connectivity index (χ1v) is 25.1. The van der Waals surface area contributed by atoms with Crippen molar-refractivity contribution in [2.24, 2.45) is 4.99 Å². The third-order valence-electron chi connectivity index (χ3n) is 9.22. The van der Waals surface area contributed by atoms with Gasteiger partial charge in [-0.05, 0) is 75.2 Å². The van der Waals surface area contributed by atoms with Crippen molar-refractivity contribution in [3.05, 3.63) is 105 Å². The Labute approximate surface area is 360 Å². The predicted molar refractivity (Wildman–Crippen MR) is 234 cm³/mol. The molecule has 7 aromatic rings. The molecule has 7 aromatic heterocycles. The second-order valence-corrected chi connectivity index (χ2v) is 23.2. The summed E-state index contributed by atoms with van der Waals surface area (Å²) in [5.41, 5.74) is 7.33. The van der Waals surface area contributed by atoms with Crippen molar-refractivity contribution in [3.8, 4) is 10.6 Å². The average molecular weight is 892 g/mol.